The van der Waals surface area contributed by atoms with Gasteiger partial charge in [0.25, 0.3) is 0 Å². The molecule has 0 aromatic heterocycles. The van der Waals surface area contributed by atoms with Gasteiger partial charge >= 0.3 is 0 Å². The summed E-state index contributed by atoms with van der Waals surface area (Å²) >= 11 is 5.81. The first-order chi connectivity index (χ1) is 8.38. The Morgan fingerprint density at radius 3 is 2.83 bits per heavy atom. The fourth-order valence-electron chi connectivity index (χ4n) is 2.06. The number of hydrogen-bond donors (Lipinski definition) is 2. The van der Waals surface area contributed by atoms with E-state index in [0.29, 0.717) is 11.6 Å². The van der Waals surface area contributed by atoms with Crippen molar-refractivity contribution in [3.63, 3.8) is 0 Å². The molecule has 1 aromatic rings. The largest absolute Gasteiger partial charge is 0.398 e. The minimum Gasteiger partial charge on any atom is -0.398 e. The Morgan fingerprint density at radius 1 is 1.50 bits per heavy atom. The zero-order valence-electron chi connectivity index (χ0n) is 10.1. The number of nitrogens with zero attached hydrogens (tertiary/aromatic N) is 1. The average molecular weight is 290 g/mol. The van der Waals surface area contributed by atoms with Crippen molar-refractivity contribution in [3.05, 3.63) is 23.2 Å². The Morgan fingerprint density at radius 2 is 2.22 bits per heavy atom. The number of benzene rings is 1. The molecule has 2 rings (SSSR count). The molecule has 18 heavy (non-hydrogen) atoms. The Bertz CT molecular complexity index is 547. The summed E-state index contributed by atoms with van der Waals surface area (Å²) in [6, 6.07) is 4.37. The third-order valence-electron chi connectivity index (χ3n) is 2.98. The van der Waals surface area contributed by atoms with Crippen LogP contribution in [0.1, 0.15) is 6.42 Å². The number of sulfonamides is 1. The third kappa shape index (κ3) is 2.95. The van der Waals surface area contributed by atoms with Crippen LogP contribution < -0.4 is 10.5 Å². The zero-order valence-corrected chi connectivity index (χ0v) is 11.6. The maximum atomic E-state index is 12.2. The van der Waals surface area contributed by atoms with E-state index >= 15 is 0 Å². The summed E-state index contributed by atoms with van der Waals surface area (Å²) in [5.41, 5.74) is 5.90. The first kappa shape index (κ1) is 13.6. The van der Waals surface area contributed by atoms with E-state index < -0.39 is 10.0 Å². The molecule has 0 amide bonds. The van der Waals surface area contributed by atoms with Crippen LogP contribution in [0.3, 0.4) is 0 Å². The molecule has 0 saturated carbocycles. The minimum atomic E-state index is -3.61. The number of nitrogens with one attached hydrogen (secondary N) is 1. The predicted molar refractivity (Wildman–Crippen MR) is 72.1 cm³/mol. The van der Waals surface area contributed by atoms with Crippen LogP contribution in [0, 0.1) is 0 Å². The van der Waals surface area contributed by atoms with Crippen LogP contribution in [-0.2, 0) is 10.0 Å². The Labute approximate surface area is 112 Å². The van der Waals surface area contributed by atoms with Crippen LogP contribution in [0.25, 0.3) is 0 Å². The van der Waals surface area contributed by atoms with Crippen molar-refractivity contribution in [2.75, 3.05) is 25.9 Å². The number of nitrogen functional groups attached to an aromatic ring is 1. The highest BCUT2D eigenvalue weighted by molar-refractivity contribution is 7.89. The van der Waals surface area contributed by atoms with Crippen LogP contribution in [0.15, 0.2) is 23.1 Å². The van der Waals surface area contributed by atoms with Crippen molar-refractivity contribution in [1.29, 1.82) is 0 Å². The van der Waals surface area contributed by atoms with E-state index in [-0.39, 0.29) is 16.6 Å². The standard InChI is InChI=1S/C11H16ClN3O2S/c1-15-5-4-9(7-15)14-18(16,17)11-6-8(12)2-3-10(11)13/h2-3,6,9,14H,4-5,7,13H2,1H3. The van der Waals surface area contributed by atoms with Gasteiger partial charge in [0.05, 0.1) is 5.69 Å². The lowest BCUT2D eigenvalue weighted by Crippen LogP contribution is -2.36. The second-order valence-corrected chi connectivity index (χ2v) is 6.67. The van der Waals surface area contributed by atoms with Crippen LogP contribution in [0.2, 0.25) is 5.02 Å². The molecule has 3 N–H and O–H groups in total. The Balaban J connectivity index is 2.23. The van der Waals surface area contributed by atoms with Crippen LogP contribution in [-0.4, -0.2) is 39.5 Å². The molecular formula is C11H16ClN3O2S. The van der Waals surface area contributed by atoms with Gasteiger partial charge in [-0.15, -0.1) is 0 Å². The molecule has 1 unspecified atom stereocenters. The summed E-state index contributed by atoms with van der Waals surface area (Å²) in [5, 5.41) is 0.355. The highest BCUT2D eigenvalue weighted by Crippen LogP contribution is 2.23. The molecule has 1 atom stereocenters. The number of halogens is 1. The lowest BCUT2D eigenvalue weighted by atomic mass is 10.3. The molecule has 7 heteroatoms. The summed E-state index contributed by atoms with van der Waals surface area (Å²) in [6.07, 6.45) is 0.802. The molecular weight excluding hydrogens is 274 g/mol. The van der Waals surface area contributed by atoms with Gasteiger partial charge in [-0.3, -0.25) is 0 Å². The van der Waals surface area contributed by atoms with Gasteiger partial charge in [-0.2, -0.15) is 0 Å². The van der Waals surface area contributed by atoms with E-state index in [0.717, 1.165) is 13.0 Å². The van der Waals surface area contributed by atoms with Crippen LogP contribution >= 0.6 is 11.6 Å². The molecule has 100 valence electrons. The predicted octanol–water partition coefficient (Wildman–Crippen LogP) is 0.905. The first-order valence-electron chi connectivity index (χ1n) is 5.64. The molecule has 1 heterocycles. The molecule has 1 aliphatic heterocycles. The number of likely N-dealkylation sites (tertiary alicyclic amines) is 1. The van der Waals surface area contributed by atoms with Crippen LogP contribution in [0.5, 0.6) is 0 Å². The molecule has 1 aromatic carbocycles. The van der Waals surface area contributed by atoms with E-state index in [1.54, 1.807) is 6.07 Å². The van der Waals surface area contributed by atoms with E-state index in [9.17, 15) is 8.42 Å². The maximum absolute atomic E-state index is 12.2. The first-order valence-corrected chi connectivity index (χ1v) is 7.50. The number of rotatable bonds is 3. The molecule has 0 aliphatic carbocycles. The van der Waals surface area contributed by atoms with Gasteiger partial charge in [0.2, 0.25) is 10.0 Å². The van der Waals surface area contributed by atoms with Crippen molar-refractivity contribution >= 4 is 27.3 Å². The van der Waals surface area contributed by atoms with Gasteiger partial charge in [0, 0.05) is 17.6 Å². The minimum absolute atomic E-state index is 0.0459. The lowest BCUT2D eigenvalue weighted by Gasteiger charge is -2.14. The van der Waals surface area contributed by atoms with Gasteiger partial charge in [0.15, 0.2) is 0 Å². The van der Waals surface area contributed by atoms with Crippen molar-refractivity contribution in [1.82, 2.24) is 9.62 Å². The normalized spacial score (nSPS) is 21.3. The molecule has 0 spiro atoms. The number of nitrogens with two attached hydrogens (primary N) is 1. The molecule has 1 fully saturated rings. The molecule has 1 saturated heterocycles. The van der Waals surface area contributed by atoms with Gasteiger partial charge < -0.3 is 10.6 Å². The summed E-state index contributed by atoms with van der Waals surface area (Å²) in [7, 11) is -1.65. The highest BCUT2D eigenvalue weighted by atomic mass is 35.5. The van der Waals surface area contributed by atoms with E-state index in [1.165, 1.54) is 12.1 Å². The number of likely N-dealkylation sites (N-methyl/N-ethyl adjacent to an activating group) is 1. The highest BCUT2D eigenvalue weighted by Gasteiger charge is 2.26. The lowest BCUT2D eigenvalue weighted by molar-refractivity contribution is 0.407. The number of hydrogen-bond acceptors (Lipinski definition) is 4. The Hall–Kier alpha value is -0.820. The summed E-state index contributed by atoms with van der Waals surface area (Å²) in [5.74, 6) is 0. The van der Waals surface area contributed by atoms with Crippen molar-refractivity contribution in [2.45, 2.75) is 17.4 Å². The van der Waals surface area contributed by atoms with E-state index in [4.69, 9.17) is 17.3 Å². The maximum Gasteiger partial charge on any atom is 0.242 e. The third-order valence-corrected chi connectivity index (χ3v) is 4.79. The second kappa shape index (κ2) is 5.05. The van der Waals surface area contributed by atoms with Gasteiger partial charge in [-0.05, 0) is 38.2 Å². The Kier molecular flexibility index (Phi) is 3.82. The summed E-state index contributed by atoms with van der Waals surface area (Å²) in [4.78, 5) is 2.12. The van der Waals surface area contributed by atoms with Crippen molar-refractivity contribution in [3.8, 4) is 0 Å². The number of anilines is 1. The van der Waals surface area contributed by atoms with Crippen LogP contribution in [0.4, 0.5) is 5.69 Å². The van der Waals surface area contributed by atoms with Gasteiger partial charge in [0.1, 0.15) is 4.90 Å². The second-order valence-electron chi connectivity index (χ2n) is 4.55. The fourth-order valence-corrected chi connectivity index (χ4v) is 3.71. The SMILES string of the molecule is CN1CCC(NS(=O)(=O)c2cc(Cl)ccc2N)C1. The van der Waals surface area contributed by atoms with Gasteiger partial charge in [-0.25, -0.2) is 13.1 Å². The quantitative estimate of drug-likeness (QED) is 0.811. The molecule has 1 aliphatic rings. The molecule has 0 radical (unpaired) electrons. The molecule has 5 nitrogen and oxygen atoms in total. The average Bonchev–Trinajstić information content (AvgIpc) is 2.66. The fraction of sp³-hybridized carbons (Fsp3) is 0.455. The van der Waals surface area contributed by atoms with E-state index in [1.807, 2.05) is 7.05 Å². The molecule has 0 bridgehead atoms. The van der Waals surface area contributed by atoms with E-state index in [2.05, 4.69) is 9.62 Å². The summed E-state index contributed by atoms with van der Waals surface area (Å²) in [6.45, 7) is 1.60. The van der Waals surface area contributed by atoms with Gasteiger partial charge in [-0.1, -0.05) is 11.6 Å². The van der Waals surface area contributed by atoms with Crippen molar-refractivity contribution in [2.24, 2.45) is 0 Å². The zero-order chi connectivity index (χ0) is 13.3. The van der Waals surface area contributed by atoms with Crippen molar-refractivity contribution < 1.29 is 8.42 Å². The topological polar surface area (TPSA) is 75.4 Å². The monoisotopic (exact) mass is 289 g/mol. The smallest absolute Gasteiger partial charge is 0.242 e. The summed E-state index contributed by atoms with van der Waals surface area (Å²) < 4.78 is 27.1.